The van der Waals surface area contributed by atoms with Gasteiger partial charge in [-0.1, -0.05) is 6.42 Å². The van der Waals surface area contributed by atoms with Gasteiger partial charge in [0.15, 0.2) is 11.5 Å². The zero-order valence-electron chi connectivity index (χ0n) is 10.6. The molecule has 1 aromatic rings. The minimum atomic E-state index is 0.360. The van der Waals surface area contributed by atoms with Crippen LogP contribution in [0.5, 0.6) is 11.5 Å². The number of benzene rings is 1. The second kappa shape index (κ2) is 3.89. The lowest BCUT2D eigenvalue weighted by molar-refractivity contribution is 0.174. The van der Waals surface area contributed by atoms with Crippen molar-refractivity contribution >= 4 is 0 Å². The van der Waals surface area contributed by atoms with Gasteiger partial charge in [-0.15, -0.1) is 0 Å². The highest BCUT2D eigenvalue weighted by Gasteiger charge is 2.36. The van der Waals surface area contributed by atoms with E-state index in [-0.39, 0.29) is 0 Å². The van der Waals surface area contributed by atoms with Crippen molar-refractivity contribution in [2.24, 2.45) is 0 Å². The number of ether oxygens (including phenoxy) is 2. The molecule has 0 saturated carbocycles. The lowest BCUT2D eigenvalue weighted by atomic mass is 9.73. The Hall–Kier alpha value is -1.22. The van der Waals surface area contributed by atoms with Crippen molar-refractivity contribution in [3.8, 4) is 11.5 Å². The molecule has 2 heterocycles. The van der Waals surface area contributed by atoms with E-state index < -0.39 is 0 Å². The van der Waals surface area contributed by atoms with Gasteiger partial charge in [-0.2, -0.15) is 0 Å². The number of fused-ring (bicyclic) bond motifs is 2. The van der Waals surface area contributed by atoms with Crippen LogP contribution in [0.25, 0.3) is 0 Å². The molecule has 0 aromatic heterocycles. The number of hydrogen-bond donors (Lipinski definition) is 1. The smallest absolute Gasteiger partial charge is 0.231 e. The molecule has 96 valence electrons. The van der Waals surface area contributed by atoms with Crippen molar-refractivity contribution in [3.05, 3.63) is 23.3 Å². The maximum absolute atomic E-state index is 5.50. The highest BCUT2D eigenvalue weighted by atomic mass is 16.7. The van der Waals surface area contributed by atoms with E-state index in [1.165, 1.54) is 49.8 Å². The summed E-state index contributed by atoms with van der Waals surface area (Å²) in [6.45, 7) is 1.56. The zero-order valence-corrected chi connectivity index (χ0v) is 10.6. The second-order valence-corrected chi connectivity index (χ2v) is 5.82. The molecule has 3 nitrogen and oxygen atoms in total. The lowest BCUT2D eigenvalue weighted by Gasteiger charge is -2.42. The van der Waals surface area contributed by atoms with Crippen molar-refractivity contribution in [1.82, 2.24) is 5.32 Å². The molecule has 1 N–H and O–H groups in total. The van der Waals surface area contributed by atoms with Crippen LogP contribution in [0, 0.1) is 0 Å². The molecule has 0 amide bonds. The van der Waals surface area contributed by atoms with E-state index in [1.807, 2.05) is 0 Å². The van der Waals surface area contributed by atoms with Gasteiger partial charge in [-0.25, -0.2) is 0 Å². The predicted molar refractivity (Wildman–Crippen MR) is 69.2 cm³/mol. The van der Waals surface area contributed by atoms with Crippen molar-refractivity contribution in [3.63, 3.8) is 0 Å². The maximum atomic E-state index is 5.50. The fraction of sp³-hybridized carbons (Fsp3) is 0.600. The fourth-order valence-electron chi connectivity index (χ4n) is 3.64. The van der Waals surface area contributed by atoms with Crippen LogP contribution in [0.2, 0.25) is 0 Å². The number of nitrogens with one attached hydrogen (secondary N) is 1. The Morgan fingerprint density at radius 3 is 2.61 bits per heavy atom. The van der Waals surface area contributed by atoms with Crippen LogP contribution in [-0.2, 0) is 12.8 Å². The molecule has 1 saturated heterocycles. The van der Waals surface area contributed by atoms with Crippen molar-refractivity contribution in [2.45, 2.75) is 44.1 Å². The van der Waals surface area contributed by atoms with Gasteiger partial charge in [-0.05, 0) is 61.9 Å². The van der Waals surface area contributed by atoms with Gasteiger partial charge < -0.3 is 14.8 Å². The largest absolute Gasteiger partial charge is 0.454 e. The van der Waals surface area contributed by atoms with Gasteiger partial charge in [-0.3, -0.25) is 0 Å². The molecule has 0 radical (unpaired) electrons. The molecule has 3 aliphatic rings. The highest BCUT2D eigenvalue weighted by molar-refractivity contribution is 5.50. The predicted octanol–water partition coefficient (Wildman–Crippen LogP) is 2.42. The summed E-state index contributed by atoms with van der Waals surface area (Å²) in [6, 6.07) is 4.39. The minimum absolute atomic E-state index is 0.360. The first-order chi connectivity index (χ1) is 8.85. The van der Waals surface area contributed by atoms with Crippen LogP contribution in [-0.4, -0.2) is 18.9 Å². The van der Waals surface area contributed by atoms with Crippen molar-refractivity contribution in [2.75, 3.05) is 13.3 Å². The third-order valence-corrected chi connectivity index (χ3v) is 4.68. The Morgan fingerprint density at radius 2 is 1.83 bits per heavy atom. The van der Waals surface area contributed by atoms with E-state index in [0.717, 1.165) is 17.9 Å². The Labute approximate surface area is 107 Å². The highest BCUT2D eigenvalue weighted by Crippen LogP contribution is 2.41. The molecule has 1 fully saturated rings. The van der Waals surface area contributed by atoms with Crippen LogP contribution in [0.1, 0.15) is 36.8 Å². The first-order valence-corrected chi connectivity index (χ1v) is 7.01. The third-order valence-electron chi connectivity index (χ3n) is 4.68. The van der Waals surface area contributed by atoms with Crippen LogP contribution in [0.4, 0.5) is 0 Å². The minimum Gasteiger partial charge on any atom is -0.454 e. The average Bonchev–Trinajstić information content (AvgIpc) is 2.84. The molecule has 1 unspecified atom stereocenters. The van der Waals surface area contributed by atoms with Gasteiger partial charge in [0.25, 0.3) is 0 Å². The SMILES string of the molecule is c1c2c(cc3c1OCO3)CC1(CCCCN1)CC2. The Balaban J connectivity index is 1.68. The van der Waals surface area contributed by atoms with Gasteiger partial charge in [0.2, 0.25) is 6.79 Å². The van der Waals surface area contributed by atoms with E-state index in [4.69, 9.17) is 9.47 Å². The molecular weight excluding hydrogens is 226 g/mol. The molecule has 1 aliphatic carbocycles. The molecule has 4 rings (SSSR count). The molecule has 1 aromatic carbocycles. The number of piperidine rings is 1. The van der Waals surface area contributed by atoms with Gasteiger partial charge in [0.1, 0.15) is 0 Å². The number of rotatable bonds is 0. The number of hydrogen-bond acceptors (Lipinski definition) is 3. The monoisotopic (exact) mass is 245 g/mol. The van der Waals surface area contributed by atoms with Crippen LogP contribution < -0.4 is 14.8 Å². The summed E-state index contributed by atoms with van der Waals surface area (Å²) in [7, 11) is 0. The van der Waals surface area contributed by atoms with E-state index in [2.05, 4.69) is 17.4 Å². The standard InChI is InChI=1S/C15H19NO2/c1-2-6-16-15(4-1)5-3-11-7-13-14(18-10-17-13)8-12(11)9-15/h7-8,16H,1-6,9-10H2. The summed E-state index contributed by atoms with van der Waals surface area (Å²) in [4.78, 5) is 0. The molecule has 0 bridgehead atoms. The van der Waals surface area contributed by atoms with Gasteiger partial charge in [0.05, 0.1) is 0 Å². The lowest BCUT2D eigenvalue weighted by Crippen LogP contribution is -2.52. The topological polar surface area (TPSA) is 30.5 Å². The Bertz CT molecular complexity index is 478. The van der Waals surface area contributed by atoms with Crippen LogP contribution >= 0.6 is 0 Å². The quantitative estimate of drug-likeness (QED) is 0.761. The van der Waals surface area contributed by atoms with Crippen LogP contribution in [0.15, 0.2) is 12.1 Å². The molecular formula is C15H19NO2. The zero-order chi connectivity index (χ0) is 12.0. The van der Waals surface area contributed by atoms with E-state index >= 15 is 0 Å². The second-order valence-electron chi connectivity index (χ2n) is 5.82. The summed E-state index contributed by atoms with van der Waals surface area (Å²) >= 11 is 0. The summed E-state index contributed by atoms with van der Waals surface area (Å²) in [5, 5.41) is 3.77. The molecule has 1 atom stereocenters. The molecule has 3 heteroatoms. The first kappa shape index (κ1) is 10.7. The van der Waals surface area contributed by atoms with Gasteiger partial charge >= 0.3 is 0 Å². The molecule has 1 spiro atoms. The normalized spacial score (nSPS) is 29.3. The average molecular weight is 245 g/mol. The van der Waals surface area contributed by atoms with E-state index in [1.54, 1.807) is 0 Å². The van der Waals surface area contributed by atoms with E-state index in [0.29, 0.717) is 12.3 Å². The summed E-state index contributed by atoms with van der Waals surface area (Å²) in [6.07, 6.45) is 7.60. The summed E-state index contributed by atoms with van der Waals surface area (Å²) in [5.74, 6) is 1.86. The molecule has 2 aliphatic heterocycles. The van der Waals surface area contributed by atoms with Crippen molar-refractivity contribution < 1.29 is 9.47 Å². The first-order valence-electron chi connectivity index (χ1n) is 7.01. The van der Waals surface area contributed by atoms with Crippen LogP contribution in [0.3, 0.4) is 0 Å². The Morgan fingerprint density at radius 1 is 1.00 bits per heavy atom. The van der Waals surface area contributed by atoms with Gasteiger partial charge in [0, 0.05) is 5.54 Å². The third kappa shape index (κ3) is 1.61. The fourth-order valence-corrected chi connectivity index (χ4v) is 3.64. The van der Waals surface area contributed by atoms with E-state index in [9.17, 15) is 0 Å². The molecule has 18 heavy (non-hydrogen) atoms. The Kier molecular flexibility index (Phi) is 2.31. The van der Waals surface area contributed by atoms with Crippen molar-refractivity contribution in [1.29, 1.82) is 0 Å². The number of aryl methyl sites for hydroxylation is 1. The maximum Gasteiger partial charge on any atom is 0.231 e. The summed E-state index contributed by atoms with van der Waals surface area (Å²) < 4.78 is 11.0. The summed E-state index contributed by atoms with van der Waals surface area (Å²) in [5.41, 5.74) is 3.27.